The minimum atomic E-state index is -0.911. The SMILES string of the molecule is COC1C(CO)OC(n2cnc3c(=O)[nH]c(NC(=O)C(C)C)nc32)C1N=[N+]=[N-]. The molecule has 0 radical (unpaired) electrons. The molecule has 1 saturated heterocycles. The second-order valence-electron chi connectivity index (χ2n) is 6.53. The summed E-state index contributed by atoms with van der Waals surface area (Å²) in [7, 11) is 1.41. The fourth-order valence-electron chi connectivity index (χ4n) is 3.00. The van der Waals surface area contributed by atoms with E-state index in [1.54, 1.807) is 13.8 Å². The predicted molar refractivity (Wildman–Crippen MR) is 96.3 cm³/mol. The Hall–Kier alpha value is -2.99. The topological polar surface area (TPSA) is 180 Å². The second kappa shape index (κ2) is 7.94. The molecule has 4 atom stereocenters. The van der Waals surface area contributed by atoms with Crippen molar-refractivity contribution < 1.29 is 19.4 Å². The highest BCUT2D eigenvalue weighted by Crippen LogP contribution is 2.34. The summed E-state index contributed by atoms with van der Waals surface area (Å²) in [5.41, 5.74) is 8.50. The lowest BCUT2D eigenvalue weighted by molar-refractivity contribution is -0.118. The number of aromatic nitrogens is 4. The van der Waals surface area contributed by atoms with Crippen LogP contribution in [0, 0.1) is 5.92 Å². The highest BCUT2D eigenvalue weighted by Gasteiger charge is 2.45. The molecule has 3 heterocycles. The van der Waals surface area contributed by atoms with Crippen molar-refractivity contribution in [2.24, 2.45) is 11.0 Å². The summed E-state index contributed by atoms with van der Waals surface area (Å²) in [5.74, 6) is -0.679. The molecule has 2 aromatic rings. The van der Waals surface area contributed by atoms with E-state index >= 15 is 0 Å². The number of azide groups is 1. The molecule has 2 aromatic heterocycles. The minimum absolute atomic E-state index is 0.0206. The van der Waals surface area contributed by atoms with Crippen molar-refractivity contribution in [3.05, 3.63) is 27.1 Å². The number of fused-ring (bicyclic) bond motifs is 1. The Kier molecular flexibility index (Phi) is 5.61. The number of anilines is 1. The molecule has 3 rings (SSSR count). The minimum Gasteiger partial charge on any atom is -0.394 e. The van der Waals surface area contributed by atoms with Crippen molar-refractivity contribution in [1.82, 2.24) is 19.5 Å². The molecule has 0 saturated carbocycles. The lowest BCUT2D eigenvalue weighted by atomic mass is 10.1. The highest BCUT2D eigenvalue weighted by atomic mass is 16.6. The molecule has 1 fully saturated rings. The molecule has 1 aliphatic rings. The van der Waals surface area contributed by atoms with Gasteiger partial charge >= 0.3 is 0 Å². The molecule has 13 heteroatoms. The van der Waals surface area contributed by atoms with Crippen molar-refractivity contribution in [3.8, 4) is 0 Å². The Balaban J connectivity index is 2.07. The van der Waals surface area contributed by atoms with E-state index in [1.165, 1.54) is 18.0 Å². The Morgan fingerprint density at radius 3 is 2.96 bits per heavy atom. The van der Waals surface area contributed by atoms with Crippen LogP contribution < -0.4 is 10.9 Å². The first-order valence-corrected chi connectivity index (χ1v) is 8.52. The number of carbonyl (C=O) groups is 1. The third-order valence-corrected chi connectivity index (χ3v) is 4.42. The molecule has 1 aliphatic heterocycles. The molecule has 1 amide bonds. The van der Waals surface area contributed by atoms with E-state index in [-0.39, 0.29) is 35.5 Å². The normalized spacial score (nSPS) is 24.5. The number of aliphatic hydroxyl groups excluding tert-OH is 1. The number of imidazole rings is 1. The molecular formula is C15H20N8O5. The third kappa shape index (κ3) is 3.43. The summed E-state index contributed by atoms with van der Waals surface area (Å²) in [5, 5.41) is 15.8. The number of hydrogen-bond donors (Lipinski definition) is 3. The third-order valence-electron chi connectivity index (χ3n) is 4.42. The van der Waals surface area contributed by atoms with Crippen LogP contribution in [0.3, 0.4) is 0 Å². The Bertz CT molecular complexity index is 978. The molecule has 0 spiro atoms. The van der Waals surface area contributed by atoms with Gasteiger partial charge in [0, 0.05) is 17.9 Å². The van der Waals surface area contributed by atoms with E-state index in [2.05, 4.69) is 30.3 Å². The summed E-state index contributed by atoms with van der Waals surface area (Å²) in [6.07, 6.45) is -1.04. The number of aromatic amines is 1. The van der Waals surface area contributed by atoms with Crippen LogP contribution in [-0.2, 0) is 14.3 Å². The molecule has 4 unspecified atom stereocenters. The summed E-state index contributed by atoms with van der Waals surface area (Å²) in [4.78, 5) is 37.8. The lowest BCUT2D eigenvalue weighted by Crippen LogP contribution is -2.34. The molecule has 0 aromatic carbocycles. The van der Waals surface area contributed by atoms with Gasteiger partial charge in [0.25, 0.3) is 5.56 Å². The van der Waals surface area contributed by atoms with Gasteiger partial charge < -0.3 is 14.6 Å². The van der Waals surface area contributed by atoms with Crippen molar-refractivity contribution in [3.63, 3.8) is 0 Å². The number of carbonyl (C=O) groups excluding carboxylic acids is 1. The maximum Gasteiger partial charge on any atom is 0.280 e. The number of methoxy groups -OCH3 is 1. The van der Waals surface area contributed by atoms with Crippen LogP contribution in [0.4, 0.5) is 5.95 Å². The van der Waals surface area contributed by atoms with Crippen LogP contribution in [0.2, 0.25) is 0 Å². The van der Waals surface area contributed by atoms with Gasteiger partial charge in [0.15, 0.2) is 11.2 Å². The van der Waals surface area contributed by atoms with E-state index in [9.17, 15) is 14.7 Å². The number of ether oxygens (including phenoxy) is 2. The average Bonchev–Trinajstić information content (AvgIpc) is 3.23. The van der Waals surface area contributed by atoms with Gasteiger partial charge in [0.2, 0.25) is 11.9 Å². The van der Waals surface area contributed by atoms with Gasteiger partial charge in [-0.15, -0.1) is 0 Å². The molecule has 150 valence electrons. The van der Waals surface area contributed by atoms with Crippen molar-refractivity contribution in [1.29, 1.82) is 0 Å². The van der Waals surface area contributed by atoms with Crippen LogP contribution in [0.15, 0.2) is 16.2 Å². The standard InChI is InChI=1S/C15H20N8O5/c1-6(2)12(25)19-15-18-11-9(13(26)20-15)17-5-23(11)14-8(21-22-16)10(27-3)7(4-24)28-14/h5-8,10,14,24H,4H2,1-3H3,(H2,18,19,20,25,26). The van der Waals surface area contributed by atoms with Crippen molar-refractivity contribution >= 4 is 23.0 Å². The van der Waals surface area contributed by atoms with Gasteiger partial charge in [-0.25, -0.2) is 4.98 Å². The predicted octanol–water partition coefficient (Wildman–Crippen LogP) is 0.298. The van der Waals surface area contributed by atoms with Gasteiger partial charge in [-0.2, -0.15) is 4.98 Å². The number of nitrogens with one attached hydrogen (secondary N) is 2. The number of aliphatic hydroxyl groups is 1. The summed E-state index contributed by atoms with van der Waals surface area (Å²) in [6, 6.07) is -0.834. The Labute approximate surface area is 158 Å². The van der Waals surface area contributed by atoms with Gasteiger partial charge in [-0.05, 0) is 5.53 Å². The molecule has 0 bridgehead atoms. The maximum absolute atomic E-state index is 12.3. The van der Waals surface area contributed by atoms with E-state index < -0.39 is 30.0 Å². The Morgan fingerprint density at radius 2 is 2.36 bits per heavy atom. The zero-order chi connectivity index (χ0) is 20.4. The van der Waals surface area contributed by atoms with Crippen molar-refractivity contribution in [2.45, 2.75) is 38.3 Å². The maximum atomic E-state index is 12.3. The molecule has 13 nitrogen and oxygen atoms in total. The summed E-state index contributed by atoms with van der Waals surface area (Å²) < 4.78 is 12.5. The van der Waals surface area contributed by atoms with Gasteiger partial charge in [-0.1, -0.05) is 19.0 Å². The molecule has 3 N–H and O–H groups in total. The first-order valence-electron chi connectivity index (χ1n) is 8.52. The second-order valence-corrected chi connectivity index (χ2v) is 6.53. The van der Waals surface area contributed by atoms with E-state index in [4.69, 9.17) is 15.0 Å². The van der Waals surface area contributed by atoms with Gasteiger partial charge in [-0.3, -0.25) is 24.5 Å². The number of hydrogen-bond acceptors (Lipinski definition) is 8. The quantitative estimate of drug-likeness (QED) is 0.359. The van der Waals surface area contributed by atoms with Crippen LogP contribution in [0.1, 0.15) is 20.1 Å². The fourth-order valence-corrected chi connectivity index (χ4v) is 3.00. The van der Waals surface area contributed by atoms with Crippen LogP contribution in [0.25, 0.3) is 21.6 Å². The van der Waals surface area contributed by atoms with Gasteiger partial charge in [0.05, 0.1) is 19.0 Å². The van der Waals surface area contributed by atoms with Crippen LogP contribution in [0.5, 0.6) is 0 Å². The number of nitrogens with zero attached hydrogens (tertiary/aromatic N) is 6. The average molecular weight is 392 g/mol. The van der Waals surface area contributed by atoms with Crippen molar-refractivity contribution in [2.75, 3.05) is 19.0 Å². The number of H-pyrrole nitrogens is 1. The number of rotatable bonds is 6. The van der Waals surface area contributed by atoms with Gasteiger partial charge in [0.1, 0.15) is 18.4 Å². The smallest absolute Gasteiger partial charge is 0.280 e. The highest BCUT2D eigenvalue weighted by molar-refractivity contribution is 5.91. The fraction of sp³-hybridized carbons (Fsp3) is 0.600. The van der Waals surface area contributed by atoms with E-state index in [1.807, 2.05) is 0 Å². The first kappa shape index (κ1) is 19.8. The molecule has 0 aliphatic carbocycles. The van der Waals surface area contributed by atoms with E-state index in [0.717, 1.165) is 0 Å². The molecule has 28 heavy (non-hydrogen) atoms. The summed E-state index contributed by atoms with van der Waals surface area (Å²) in [6.45, 7) is 3.04. The monoisotopic (exact) mass is 392 g/mol. The largest absolute Gasteiger partial charge is 0.394 e. The van der Waals surface area contributed by atoms with E-state index in [0.29, 0.717) is 0 Å². The lowest BCUT2D eigenvalue weighted by Gasteiger charge is -2.18. The summed E-state index contributed by atoms with van der Waals surface area (Å²) >= 11 is 0. The Morgan fingerprint density at radius 1 is 1.61 bits per heavy atom. The zero-order valence-corrected chi connectivity index (χ0v) is 15.4. The first-order chi connectivity index (χ1) is 13.4. The van der Waals surface area contributed by atoms with Crippen LogP contribution >= 0.6 is 0 Å². The number of amides is 1. The molecular weight excluding hydrogens is 372 g/mol. The van der Waals surface area contributed by atoms with Crippen LogP contribution in [-0.4, -0.2) is 62.5 Å². The zero-order valence-electron chi connectivity index (χ0n) is 15.4.